The number of hydrogen-bond donors (Lipinski definition) is 2. The smallest absolute Gasteiger partial charge is 0.191 e. The van der Waals surface area contributed by atoms with Gasteiger partial charge in [0.25, 0.3) is 0 Å². The van der Waals surface area contributed by atoms with Gasteiger partial charge in [0.2, 0.25) is 0 Å². The standard InChI is InChI=1S/C24H29N5O2.HI/c1-2-25-24(26-16-19-9-10-22-23(15-19)31-14-6-13-30-22)27-17-20-7-3-4-8-21(20)18-29-12-5-11-28-29;/h3-5,7-12,15H,2,6,13-14,16-18H2,1H3,(H2,25,26,27);1H. The summed E-state index contributed by atoms with van der Waals surface area (Å²) in [5, 5.41) is 11.1. The molecule has 1 aliphatic rings. The maximum atomic E-state index is 5.79. The van der Waals surface area contributed by atoms with E-state index in [-0.39, 0.29) is 24.0 Å². The third kappa shape index (κ3) is 6.62. The monoisotopic (exact) mass is 547 g/mol. The van der Waals surface area contributed by atoms with E-state index in [1.807, 2.05) is 35.1 Å². The van der Waals surface area contributed by atoms with Crippen molar-refractivity contribution in [3.8, 4) is 11.5 Å². The van der Waals surface area contributed by atoms with Gasteiger partial charge >= 0.3 is 0 Å². The van der Waals surface area contributed by atoms with Crippen LogP contribution in [-0.4, -0.2) is 35.5 Å². The van der Waals surface area contributed by atoms with Crippen molar-refractivity contribution in [2.45, 2.75) is 33.0 Å². The fourth-order valence-electron chi connectivity index (χ4n) is 3.45. The van der Waals surface area contributed by atoms with E-state index in [9.17, 15) is 0 Å². The van der Waals surface area contributed by atoms with Crippen molar-refractivity contribution in [1.29, 1.82) is 0 Å². The first kappa shape index (κ1) is 23.9. The summed E-state index contributed by atoms with van der Waals surface area (Å²) in [5.74, 6) is 2.39. The van der Waals surface area contributed by atoms with Crippen molar-refractivity contribution in [1.82, 2.24) is 20.4 Å². The predicted molar refractivity (Wildman–Crippen MR) is 137 cm³/mol. The average Bonchev–Trinajstić information content (AvgIpc) is 3.19. The predicted octanol–water partition coefficient (Wildman–Crippen LogP) is 3.97. The van der Waals surface area contributed by atoms with Crippen LogP contribution in [0.5, 0.6) is 11.5 Å². The van der Waals surface area contributed by atoms with Crippen molar-refractivity contribution < 1.29 is 9.47 Å². The lowest BCUT2D eigenvalue weighted by Crippen LogP contribution is -2.37. The van der Waals surface area contributed by atoms with E-state index < -0.39 is 0 Å². The van der Waals surface area contributed by atoms with Gasteiger partial charge in [-0.15, -0.1) is 24.0 Å². The Hall–Kier alpha value is -2.75. The molecular formula is C24H30IN5O2. The fraction of sp³-hybridized carbons (Fsp3) is 0.333. The normalized spacial score (nSPS) is 13.1. The number of nitrogens with zero attached hydrogens (tertiary/aromatic N) is 3. The van der Waals surface area contributed by atoms with Gasteiger partial charge in [0.15, 0.2) is 17.5 Å². The Balaban J connectivity index is 0.00000289. The topological polar surface area (TPSA) is 72.7 Å². The molecule has 0 aliphatic carbocycles. The molecule has 0 fully saturated rings. The van der Waals surface area contributed by atoms with Gasteiger partial charge in [-0.05, 0) is 41.8 Å². The van der Waals surface area contributed by atoms with Gasteiger partial charge in [-0.1, -0.05) is 30.3 Å². The molecule has 3 aromatic rings. The first-order valence-corrected chi connectivity index (χ1v) is 10.8. The number of fused-ring (bicyclic) bond motifs is 1. The second kappa shape index (κ2) is 12.3. The lowest BCUT2D eigenvalue weighted by molar-refractivity contribution is 0.297. The highest BCUT2D eigenvalue weighted by atomic mass is 127. The molecule has 0 atom stereocenters. The van der Waals surface area contributed by atoms with Crippen LogP contribution in [0.1, 0.15) is 30.0 Å². The first-order chi connectivity index (χ1) is 15.3. The number of ether oxygens (including phenoxy) is 2. The van der Waals surface area contributed by atoms with Crippen LogP contribution in [0.25, 0.3) is 0 Å². The Morgan fingerprint density at radius 1 is 1.03 bits per heavy atom. The average molecular weight is 547 g/mol. The van der Waals surface area contributed by atoms with Crippen LogP contribution in [0, 0.1) is 0 Å². The van der Waals surface area contributed by atoms with Gasteiger partial charge in [0, 0.05) is 31.9 Å². The summed E-state index contributed by atoms with van der Waals surface area (Å²) in [6, 6.07) is 16.4. The number of guanidine groups is 1. The second-order valence-electron chi connectivity index (χ2n) is 7.35. The maximum absolute atomic E-state index is 5.79. The molecule has 0 saturated carbocycles. The summed E-state index contributed by atoms with van der Waals surface area (Å²) < 4.78 is 13.4. The van der Waals surface area contributed by atoms with Gasteiger partial charge < -0.3 is 20.1 Å². The van der Waals surface area contributed by atoms with E-state index in [4.69, 9.17) is 14.5 Å². The minimum atomic E-state index is 0. The third-order valence-electron chi connectivity index (χ3n) is 5.03. The quantitative estimate of drug-likeness (QED) is 0.266. The Morgan fingerprint density at radius 3 is 2.62 bits per heavy atom. The molecule has 2 aromatic carbocycles. The van der Waals surface area contributed by atoms with E-state index in [2.05, 4.69) is 46.9 Å². The third-order valence-corrected chi connectivity index (χ3v) is 5.03. The zero-order valence-electron chi connectivity index (χ0n) is 18.3. The van der Waals surface area contributed by atoms with Gasteiger partial charge in [-0.25, -0.2) is 4.99 Å². The zero-order chi connectivity index (χ0) is 21.3. The second-order valence-corrected chi connectivity index (χ2v) is 7.35. The largest absolute Gasteiger partial charge is 0.490 e. The Labute approximate surface area is 206 Å². The molecule has 0 bridgehead atoms. The first-order valence-electron chi connectivity index (χ1n) is 10.8. The Kier molecular flexibility index (Phi) is 9.21. The summed E-state index contributed by atoms with van der Waals surface area (Å²) in [6.07, 6.45) is 4.68. The highest BCUT2D eigenvalue weighted by Crippen LogP contribution is 2.30. The van der Waals surface area contributed by atoms with Gasteiger partial charge in [0.1, 0.15) is 0 Å². The van der Waals surface area contributed by atoms with E-state index >= 15 is 0 Å². The van der Waals surface area contributed by atoms with Crippen LogP contribution in [-0.2, 0) is 19.6 Å². The molecule has 32 heavy (non-hydrogen) atoms. The molecule has 170 valence electrons. The highest BCUT2D eigenvalue weighted by Gasteiger charge is 2.11. The zero-order valence-corrected chi connectivity index (χ0v) is 20.6. The van der Waals surface area contributed by atoms with Crippen molar-refractivity contribution in [3.05, 3.63) is 77.6 Å². The van der Waals surface area contributed by atoms with E-state index in [1.54, 1.807) is 6.20 Å². The van der Waals surface area contributed by atoms with Crippen LogP contribution in [0.3, 0.4) is 0 Å². The van der Waals surface area contributed by atoms with Crippen LogP contribution in [0.15, 0.2) is 65.9 Å². The Bertz CT molecular complexity index is 1010. The minimum Gasteiger partial charge on any atom is -0.490 e. The minimum absolute atomic E-state index is 0. The van der Waals surface area contributed by atoms with Crippen LogP contribution >= 0.6 is 24.0 Å². The Morgan fingerprint density at radius 2 is 1.84 bits per heavy atom. The van der Waals surface area contributed by atoms with Crippen molar-refractivity contribution >= 4 is 29.9 Å². The molecule has 0 saturated heterocycles. The number of benzene rings is 2. The molecule has 0 amide bonds. The van der Waals surface area contributed by atoms with Crippen molar-refractivity contribution in [2.75, 3.05) is 19.8 Å². The molecule has 1 aromatic heterocycles. The molecule has 8 heteroatoms. The van der Waals surface area contributed by atoms with Crippen LogP contribution < -0.4 is 20.1 Å². The molecule has 0 radical (unpaired) electrons. The summed E-state index contributed by atoms with van der Waals surface area (Å²) in [4.78, 5) is 4.76. The van der Waals surface area contributed by atoms with Gasteiger partial charge in [-0.3, -0.25) is 4.68 Å². The van der Waals surface area contributed by atoms with E-state index in [0.717, 1.165) is 42.5 Å². The number of halogens is 1. The number of hydrogen-bond acceptors (Lipinski definition) is 4. The molecule has 2 heterocycles. The number of aromatic nitrogens is 2. The summed E-state index contributed by atoms with van der Waals surface area (Å²) in [7, 11) is 0. The van der Waals surface area contributed by atoms with E-state index in [1.165, 1.54) is 11.1 Å². The maximum Gasteiger partial charge on any atom is 0.191 e. The van der Waals surface area contributed by atoms with Crippen molar-refractivity contribution in [3.63, 3.8) is 0 Å². The molecule has 2 N–H and O–H groups in total. The number of aliphatic imine (C=N–C) groups is 1. The lowest BCUT2D eigenvalue weighted by atomic mass is 10.1. The molecule has 1 aliphatic heterocycles. The molecule has 0 unspecified atom stereocenters. The number of nitrogens with one attached hydrogen (secondary N) is 2. The number of rotatable bonds is 7. The van der Waals surface area contributed by atoms with Gasteiger partial charge in [-0.2, -0.15) is 5.10 Å². The van der Waals surface area contributed by atoms with Gasteiger partial charge in [0.05, 0.1) is 26.3 Å². The SMILES string of the molecule is CCNC(=NCc1ccc2c(c1)OCCCO2)NCc1ccccc1Cn1cccn1.I. The molecule has 7 nitrogen and oxygen atoms in total. The summed E-state index contributed by atoms with van der Waals surface area (Å²) >= 11 is 0. The molecular weight excluding hydrogens is 517 g/mol. The van der Waals surface area contributed by atoms with Crippen LogP contribution in [0.4, 0.5) is 0 Å². The fourth-order valence-corrected chi connectivity index (χ4v) is 3.45. The molecule has 4 rings (SSSR count). The molecule has 0 spiro atoms. The van der Waals surface area contributed by atoms with Crippen LogP contribution in [0.2, 0.25) is 0 Å². The highest BCUT2D eigenvalue weighted by molar-refractivity contribution is 14.0. The van der Waals surface area contributed by atoms with E-state index in [0.29, 0.717) is 26.3 Å². The summed E-state index contributed by atoms with van der Waals surface area (Å²) in [6.45, 7) is 6.22. The lowest BCUT2D eigenvalue weighted by Gasteiger charge is -2.14. The van der Waals surface area contributed by atoms with Crippen molar-refractivity contribution in [2.24, 2.45) is 4.99 Å². The summed E-state index contributed by atoms with van der Waals surface area (Å²) in [5.41, 5.74) is 3.54.